The zero-order valence-corrected chi connectivity index (χ0v) is 33.2. The van der Waals surface area contributed by atoms with Crippen LogP contribution in [-0.2, 0) is 0 Å². The monoisotopic (exact) mass is 778 g/mol. The molecule has 0 aliphatic heterocycles. The molecule has 0 amide bonds. The van der Waals surface area contributed by atoms with Crippen LogP contribution in [-0.4, -0.2) is 19.6 Å². The lowest BCUT2D eigenvalue weighted by Gasteiger charge is -2.18. The fraction of sp³-hybridized carbons (Fsp3) is 0. The summed E-state index contributed by atoms with van der Waals surface area (Å²) >= 11 is 0. The van der Waals surface area contributed by atoms with E-state index < -0.39 is 0 Å². The Hall–Kier alpha value is -8.21. The number of aromatic nitrogens is 4. The van der Waals surface area contributed by atoms with E-state index in [1.165, 1.54) is 10.9 Å². The Bertz CT molecular complexity index is 3320. The highest BCUT2D eigenvalue weighted by atomic mass is 15.2. The Morgan fingerprint density at radius 1 is 0.311 bits per heavy atom. The van der Waals surface area contributed by atoms with Crippen LogP contribution in [0.25, 0.3) is 106 Å². The van der Waals surface area contributed by atoms with Gasteiger partial charge in [-0.15, -0.1) is 0 Å². The second kappa shape index (κ2) is 15.5. The van der Waals surface area contributed by atoms with E-state index in [0.29, 0.717) is 5.82 Å². The molecule has 4 nitrogen and oxygen atoms in total. The summed E-state index contributed by atoms with van der Waals surface area (Å²) in [7, 11) is 0. The molecular formula is C57H38N4. The number of fused-ring (bicyclic) bond motifs is 3. The lowest BCUT2D eigenvalue weighted by atomic mass is 9.91. The highest BCUT2D eigenvalue weighted by Crippen LogP contribution is 2.43. The molecule has 0 unspecified atom stereocenters. The first-order valence-corrected chi connectivity index (χ1v) is 20.6. The molecule has 8 aromatic carbocycles. The molecule has 0 aliphatic carbocycles. The van der Waals surface area contributed by atoms with E-state index in [2.05, 4.69) is 205 Å². The Morgan fingerprint density at radius 3 is 1.34 bits per heavy atom. The van der Waals surface area contributed by atoms with E-state index >= 15 is 0 Å². The maximum atomic E-state index is 5.16. The zero-order valence-electron chi connectivity index (χ0n) is 33.2. The normalized spacial score (nSPS) is 11.3. The molecule has 11 aromatic rings. The summed E-state index contributed by atoms with van der Waals surface area (Å²) in [6.45, 7) is 0. The van der Waals surface area contributed by atoms with Crippen LogP contribution in [0.1, 0.15) is 0 Å². The third-order valence-electron chi connectivity index (χ3n) is 11.5. The molecule has 0 aliphatic rings. The van der Waals surface area contributed by atoms with Crippen molar-refractivity contribution in [2.75, 3.05) is 0 Å². The van der Waals surface area contributed by atoms with Crippen molar-refractivity contribution in [2.24, 2.45) is 0 Å². The van der Waals surface area contributed by atoms with Gasteiger partial charge in [-0.2, -0.15) is 5.10 Å². The quantitative estimate of drug-likeness (QED) is 0.154. The smallest absolute Gasteiger partial charge is 0.160 e. The van der Waals surface area contributed by atoms with Gasteiger partial charge in [0.15, 0.2) is 5.82 Å². The molecule has 3 heterocycles. The molecule has 286 valence electrons. The molecule has 0 radical (unpaired) electrons. The standard InChI is InChI=1S/C57H38N4/c1-5-17-39(18-6-1)45-25-15-27-47(35-45)52-37-53(60-57(59-52)44-23-11-4-12-24-44)48-28-16-26-46(36-48)40-31-33-42(34-32-40)54-49-29-13-14-30-50(49)56-51(41-19-7-2-8-20-41)38-58-61(56)55(54)43-21-9-3-10-22-43/h1-38H. The minimum absolute atomic E-state index is 0.694. The fourth-order valence-electron chi connectivity index (χ4n) is 8.54. The second-order valence-corrected chi connectivity index (χ2v) is 15.3. The first-order valence-electron chi connectivity index (χ1n) is 20.6. The SMILES string of the molecule is c1ccc(-c2cccc(-c3cc(-c4cccc(-c5ccc(-c6c(-c7ccccc7)n7ncc(-c8ccccc8)c7c7ccccc67)cc5)c4)nc(-c4ccccc4)n3)c2)cc1. The van der Waals surface area contributed by atoms with Gasteiger partial charge in [-0.1, -0.05) is 206 Å². The minimum Gasteiger partial charge on any atom is -0.231 e. The highest BCUT2D eigenvalue weighted by molar-refractivity contribution is 6.13. The van der Waals surface area contributed by atoms with Crippen molar-refractivity contribution in [1.82, 2.24) is 19.6 Å². The number of hydrogen-bond acceptors (Lipinski definition) is 3. The van der Waals surface area contributed by atoms with Gasteiger partial charge in [-0.05, 0) is 57.0 Å². The summed E-state index contributed by atoms with van der Waals surface area (Å²) in [4.78, 5) is 10.3. The lowest BCUT2D eigenvalue weighted by molar-refractivity contribution is 0.976. The van der Waals surface area contributed by atoms with E-state index in [1.807, 2.05) is 30.5 Å². The van der Waals surface area contributed by atoms with Crippen molar-refractivity contribution in [3.63, 3.8) is 0 Å². The molecule has 61 heavy (non-hydrogen) atoms. The maximum Gasteiger partial charge on any atom is 0.160 e. The van der Waals surface area contributed by atoms with Gasteiger partial charge < -0.3 is 0 Å². The highest BCUT2D eigenvalue weighted by Gasteiger charge is 2.21. The molecule has 0 fully saturated rings. The number of rotatable bonds is 8. The summed E-state index contributed by atoms with van der Waals surface area (Å²) in [5.74, 6) is 0.694. The van der Waals surface area contributed by atoms with Gasteiger partial charge in [0.25, 0.3) is 0 Å². The van der Waals surface area contributed by atoms with Gasteiger partial charge >= 0.3 is 0 Å². The van der Waals surface area contributed by atoms with Gasteiger partial charge in [0.1, 0.15) is 0 Å². The Balaban J connectivity index is 1.02. The second-order valence-electron chi connectivity index (χ2n) is 15.3. The number of pyridine rings is 1. The predicted molar refractivity (Wildman–Crippen MR) is 252 cm³/mol. The van der Waals surface area contributed by atoms with Crippen molar-refractivity contribution in [1.29, 1.82) is 0 Å². The molecule has 0 saturated heterocycles. The summed E-state index contributed by atoms with van der Waals surface area (Å²) in [6, 6.07) is 79.0. The number of benzene rings is 8. The van der Waals surface area contributed by atoms with Crippen LogP contribution >= 0.6 is 0 Å². The third-order valence-corrected chi connectivity index (χ3v) is 11.5. The molecule has 0 saturated carbocycles. The van der Waals surface area contributed by atoms with Crippen LogP contribution < -0.4 is 0 Å². The summed E-state index contributed by atoms with van der Waals surface area (Å²) < 4.78 is 2.14. The number of hydrogen-bond donors (Lipinski definition) is 0. The molecule has 4 heteroatoms. The molecule has 0 bridgehead atoms. The van der Waals surface area contributed by atoms with Crippen LogP contribution in [0.15, 0.2) is 231 Å². The van der Waals surface area contributed by atoms with Gasteiger partial charge in [-0.25, -0.2) is 14.5 Å². The predicted octanol–water partition coefficient (Wildman–Crippen LogP) is 14.6. The van der Waals surface area contributed by atoms with Crippen LogP contribution in [0.4, 0.5) is 0 Å². The lowest BCUT2D eigenvalue weighted by Crippen LogP contribution is -2.00. The van der Waals surface area contributed by atoms with E-state index in [1.54, 1.807) is 0 Å². The largest absolute Gasteiger partial charge is 0.231 e. The van der Waals surface area contributed by atoms with Gasteiger partial charge in [0.05, 0.1) is 28.8 Å². The van der Waals surface area contributed by atoms with Crippen LogP contribution in [0, 0.1) is 0 Å². The van der Waals surface area contributed by atoms with Crippen molar-refractivity contribution in [3.05, 3.63) is 231 Å². The summed E-state index contributed by atoms with van der Waals surface area (Å²) in [6.07, 6.45) is 2.01. The van der Waals surface area contributed by atoms with Gasteiger partial charge in [0.2, 0.25) is 0 Å². The molecular weight excluding hydrogens is 741 g/mol. The zero-order chi connectivity index (χ0) is 40.5. The molecule has 0 N–H and O–H groups in total. The first-order chi connectivity index (χ1) is 30.2. The van der Waals surface area contributed by atoms with E-state index in [9.17, 15) is 0 Å². The Kier molecular flexibility index (Phi) is 9.14. The topological polar surface area (TPSA) is 43.1 Å². The average Bonchev–Trinajstić information content (AvgIpc) is 3.80. The Morgan fingerprint density at radius 2 is 0.754 bits per heavy atom. The van der Waals surface area contributed by atoms with Crippen molar-refractivity contribution >= 4 is 16.3 Å². The summed E-state index contributed by atoms with van der Waals surface area (Å²) in [5.41, 5.74) is 17.2. The third kappa shape index (κ3) is 6.76. The minimum atomic E-state index is 0.694. The Labute approximate surface area is 354 Å². The van der Waals surface area contributed by atoms with Crippen molar-refractivity contribution in [3.8, 4) is 89.7 Å². The van der Waals surface area contributed by atoms with Crippen LogP contribution in [0.2, 0.25) is 0 Å². The molecule has 0 spiro atoms. The van der Waals surface area contributed by atoms with E-state index in [-0.39, 0.29) is 0 Å². The van der Waals surface area contributed by atoms with E-state index in [4.69, 9.17) is 15.1 Å². The maximum absolute atomic E-state index is 5.16. The number of nitrogens with zero attached hydrogens (tertiary/aromatic N) is 4. The molecule has 11 rings (SSSR count). The van der Waals surface area contributed by atoms with Gasteiger partial charge in [-0.3, -0.25) is 0 Å². The van der Waals surface area contributed by atoms with Crippen LogP contribution in [0.5, 0.6) is 0 Å². The first kappa shape index (κ1) is 35.9. The fourth-order valence-corrected chi connectivity index (χ4v) is 8.54. The van der Waals surface area contributed by atoms with E-state index in [0.717, 1.165) is 89.2 Å². The van der Waals surface area contributed by atoms with Crippen molar-refractivity contribution < 1.29 is 0 Å². The van der Waals surface area contributed by atoms with Crippen LogP contribution in [0.3, 0.4) is 0 Å². The average molecular weight is 779 g/mol. The molecule has 0 atom stereocenters. The molecule has 3 aromatic heterocycles. The van der Waals surface area contributed by atoms with Crippen molar-refractivity contribution in [2.45, 2.75) is 0 Å². The van der Waals surface area contributed by atoms with Gasteiger partial charge in [0, 0.05) is 38.8 Å². The summed E-state index contributed by atoms with van der Waals surface area (Å²) in [5, 5.41) is 7.43.